The molecule has 1 fully saturated rings. The van der Waals surface area contributed by atoms with E-state index in [9.17, 15) is 9.59 Å². The lowest BCUT2D eigenvalue weighted by molar-refractivity contribution is 0.0951. The quantitative estimate of drug-likeness (QED) is 0.449. The third-order valence-electron chi connectivity index (χ3n) is 4.75. The number of nitrogens with one attached hydrogen (secondary N) is 3. The standard InChI is InChI=1S/C23H21ClN4O2S/c24-19-8-1-2-9-21(19)31-28-23(30)26-14-20-18(7-4-12-25-20)15-5-3-6-16(13-15)22(29)27-17-10-11-17/h1-9,12-13,17H,10-11,14H2,(H,27,29)(H2,26,28,30). The van der Waals surface area contributed by atoms with Crippen molar-refractivity contribution >= 4 is 35.5 Å². The van der Waals surface area contributed by atoms with E-state index in [-0.39, 0.29) is 18.5 Å². The van der Waals surface area contributed by atoms with Crippen LogP contribution in [0.2, 0.25) is 5.02 Å². The molecule has 158 valence electrons. The Morgan fingerprint density at radius 2 is 1.90 bits per heavy atom. The van der Waals surface area contributed by atoms with Gasteiger partial charge in [-0.1, -0.05) is 41.9 Å². The highest BCUT2D eigenvalue weighted by Crippen LogP contribution is 2.25. The van der Waals surface area contributed by atoms with E-state index in [1.165, 1.54) is 0 Å². The second kappa shape index (κ2) is 9.85. The van der Waals surface area contributed by atoms with Gasteiger partial charge in [0.15, 0.2) is 0 Å². The molecule has 3 N–H and O–H groups in total. The minimum Gasteiger partial charge on any atom is -0.349 e. The van der Waals surface area contributed by atoms with Crippen LogP contribution in [0.3, 0.4) is 0 Å². The summed E-state index contributed by atoms with van der Waals surface area (Å²) in [5, 5.41) is 6.39. The first-order valence-electron chi connectivity index (χ1n) is 9.90. The lowest BCUT2D eigenvalue weighted by Crippen LogP contribution is -2.31. The van der Waals surface area contributed by atoms with E-state index in [0.717, 1.165) is 40.8 Å². The van der Waals surface area contributed by atoms with Crippen LogP contribution in [-0.4, -0.2) is 23.0 Å². The predicted octanol–water partition coefficient (Wildman–Crippen LogP) is 4.80. The highest BCUT2D eigenvalue weighted by Gasteiger charge is 2.24. The smallest absolute Gasteiger partial charge is 0.325 e. The van der Waals surface area contributed by atoms with E-state index in [0.29, 0.717) is 22.3 Å². The summed E-state index contributed by atoms with van der Waals surface area (Å²) in [6.07, 6.45) is 3.77. The molecule has 0 aliphatic heterocycles. The summed E-state index contributed by atoms with van der Waals surface area (Å²) in [4.78, 5) is 29.8. The van der Waals surface area contributed by atoms with Gasteiger partial charge in [-0.25, -0.2) is 4.79 Å². The molecule has 0 bridgehead atoms. The van der Waals surface area contributed by atoms with Gasteiger partial charge >= 0.3 is 6.03 Å². The summed E-state index contributed by atoms with van der Waals surface area (Å²) in [6, 6.07) is 18.4. The summed E-state index contributed by atoms with van der Waals surface area (Å²) in [6.45, 7) is 0.240. The molecule has 3 amide bonds. The second-order valence-corrected chi connectivity index (χ2v) is 8.40. The predicted molar refractivity (Wildman–Crippen MR) is 123 cm³/mol. The molecule has 3 aromatic rings. The largest absolute Gasteiger partial charge is 0.349 e. The van der Waals surface area contributed by atoms with Crippen molar-refractivity contribution in [1.82, 2.24) is 20.3 Å². The van der Waals surface area contributed by atoms with Crippen LogP contribution < -0.4 is 15.4 Å². The van der Waals surface area contributed by atoms with Crippen LogP contribution in [0.25, 0.3) is 11.1 Å². The Balaban J connectivity index is 1.41. The van der Waals surface area contributed by atoms with Crippen LogP contribution in [-0.2, 0) is 6.54 Å². The van der Waals surface area contributed by atoms with Gasteiger partial charge in [0.2, 0.25) is 0 Å². The van der Waals surface area contributed by atoms with Gasteiger partial charge in [-0.15, -0.1) is 0 Å². The fraction of sp³-hybridized carbons (Fsp3) is 0.174. The normalized spacial score (nSPS) is 12.8. The third kappa shape index (κ3) is 5.77. The molecule has 0 unspecified atom stereocenters. The maximum absolute atomic E-state index is 12.4. The number of hydrogen-bond donors (Lipinski definition) is 3. The number of rotatable bonds is 7. The Labute approximate surface area is 189 Å². The molecule has 2 aromatic carbocycles. The number of carbonyl (C=O) groups is 2. The van der Waals surface area contributed by atoms with Gasteiger partial charge in [-0.3, -0.25) is 14.5 Å². The molecule has 8 heteroatoms. The molecule has 31 heavy (non-hydrogen) atoms. The van der Waals surface area contributed by atoms with E-state index in [1.807, 2.05) is 48.5 Å². The number of aromatic nitrogens is 1. The molecular weight excluding hydrogens is 432 g/mol. The second-order valence-electron chi connectivity index (χ2n) is 7.14. The lowest BCUT2D eigenvalue weighted by atomic mass is 10.0. The molecule has 0 atom stereocenters. The fourth-order valence-electron chi connectivity index (χ4n) is 2.99. The monoisotopic (exact) mass is 452 g/mol. The van der Waals surface area contributed by atoms with Gasteiger partial charge in [-0.2, -0.15) is 0 Å². The van der Waals surface area contributed by atoms with Gasteiger partial charge < -0.3 is 10.6 Å². The maximum Gasteiger partial charge on any atom is 0.325 e. The van der Waals surface area contributed by atoms with E-state index in [1.54, 1.807) is 18.3 Å². The number of halogens is 1. The number of nitrogens with zero attached hydrogens (tertiary/aromatic N) is 1. The highest BCUT2D eigenvalue weighted by atomic mass is 35.5. The van der Waals surface area contributed by atoms with E-state index in [2.05, 4.69) is 20.3 Å². The zero-order chi connectivity index (χ0) is 21.6. The van der Waals surface area contributed by atoms with Crippen molar-refractivity contribution in [3.8, 4) is 11.1 Å². The van der Waals surface area contributed by atoms with E-state index < -0.39 is 0 Å². The van der Waals surface area contributed by atoms with Gasteiger partial charge in [0.1, 0.15) is 0 Å². The number of benzene rings is 2. The van der Waals surface area contributed by atoms with Crippen LogP contribution in [0.5, 0.6) is 0 Å². The van der Waals surface area contributed by atoms with Crippen LogP contribution in [0.1, 0.15) is 28.9 Å². The SMILES string of the molecule is O=C(NCc1ncccc1-c1cccc(C(=O)NC2CC2)c1)NSc1ccccc1Cl. The van der Waals surface area contributed by atoms with Crippen LogP contribution >= 0.6 is 23.5 Å². The Morgan fingerprint density at radius 1 is 1.06 bits per heavy atom. The number of urea groups is 1. The topological polar surface area (TPSA) is 83.1 Å². The summed E-state index contributed by atoms with van der Waals surface area (Å²) in [7, 11) is 0. The zero-order valence-electron chi connectivity index (χ0n) is 16.6. The van der Waals surface area contributed by atoms with Crippen molar-refractivity contribution in [2.24, 2.45) is 0 Å². The molecule has 1 aromatic heterocycles. The first-order chi connectivity index (χ1) is 15.1. The molecule has 1 aliphatic carbocycles. The van der Waals surface area contributed by atoms with Crippen molar-refractivity contribution in [2.75, 3.05) is 0 Å². The molecule has 0 radical (unpaired) electrons. The number of carbonyl (C=O) groups excluding carboxylic acids is 2. The Kier molecular flexibility index (Phi) is 6.74. The summed E-state index contributed by atoms with van der Waals surface area (Å²) in [5.74, 6) is -0.0658. The van der Waals surface area contributed by atoms with Crippen molar-refractivity contribution in [3.05, 3.63) is 83.1 Å². The molecule has 1 aliphatic rings. The van der Waals surface area contributed by atoms with Crippen LogP contribution in [0.15, 0.2) is 71.8 Å². The Bertz CT molecular complexity index is 1100. The highest BCUT2D eigenvalue weighted by molar-refractivity contribution is 7.98. The average molecular weight is 453 g/mol. The number of hydrogen-bond acceptors (Lipinski definition) is 4. The van der Waals surface area contributed by atoms with Crippen LogP contribution in [0.4, 0.5) is 4.79 Å². The molecule has 4 rings (SSSR count). The van der Waals surface area contributed by atoms with Crippen molar-refractivity contribution in [3.63, 3.8) is 0 Å². The first kappa shape index (κ1) is 21.2. The van der Waals surface area contributed by atoms with E-state index >= 15 is 0 Å². The molecule has 6 nitrogen and oxygen atoms in total. The third-order valence-corrected chi connectivity index (χ3v) is 6.05. The Hall–Kier alpha value is -3.03. The van der Waals surface area contributed by atoms with E-state index in [4.69, 9.17) is 11.6 Å². The lowest BCUT2D eigenvalue weighted by Gasteiger charge is -2.12. The van der Waals surface area contributed by atoms with Crippen molar-refractivity contribution in [2.45, 2.75) is 30.3 Å². The van der Waals surface area contributed by atoms with Gasteiger partial charge in [0, 0.05) is 28.3 Å². The molecule has 1 saturated carbocycles. The van der Waals surface area contributed by atoms with Gasteiger partial charge in [0.05, 0.1) is 17.3 Å². The van der Waals surface area contributed by atoms with Gasteiger partial charge in [-0.05, 0) is 60.7 Å². The average Bonchev–Trinajstić information content (AvgIpc) is 3.61. The summed E-state index contributed by atoms with van der Waals surface area (Å²) < 4.78 is 2.72. The van der Waals surface area contributed by atoms with Gasteiger partial charge in [0.25, 0.3) is 5.91 Å². The molecule has 0 spiro atoms. The summed E-state index contributed by atoms with van der Waals surface area (Å²) in [5.41, 5.74) is 3.06. The minimum absolute atomic E-state index is 0.0658. The Morgan fingerprint density at radius 3 is 2.71 bits per heavy atom. The molecule has 1 heterocycles. The maximum atomic E-state index is 12.4. The van der Waals surface area contributed by atoms with Crippen molar-refractivity contribution in [1.29, 1.82) is 0 Å². The summed E-state index contributed by atoms with van der Waals surface area (Å²) >= 11 is 7.25. The zero-order valence-corrected chi connectivity index (χ0v) is 18.2. The number of pyridine rings is 1. The molecule has 0 saturated heterocycles. The first-order valence-corrected chi connectivity index (χ1v) is 11.1. The molecular formula is C23H21ClN4O2S. The number of amides is 3. The fourth-order valence-corrected chi connectivity index (χ4v) is 3.83. The van der Waals surface area contributed by atoms with Crippen LogP contribution in [0, 0.1) is 0 Å². The minimum atomic E-state index is -0.348. The van der Waals surface area contributed by atoms with Crippen molar-refractivity contribution < 1.29 is 9.59 Å².